The van der Waals surface area contributed by atoms with Gasteiger partial charge in [-0.15, -0.1) is 0 Å². The van der Waals surface area contributed by atoms with Crippen LogP contribution in [0.4, 0.5) is 0 Å². The summed E-state index contributed by atoms with van der Waals surface area (Å²) in [6.07, 6.45) is 9.98. The third-order valence-corrected chi connectivity index (χ3v) is 3.55. The summed E-state index contributed by atoms with van der Waals surface area (Å²) in [6, 6.07) is 10.00. The summed E-state index contributed by atoms with van der Waals surface area (Å²) >= 11 is 0. The van der Waals surface area contributed by atoms with E-state index in [0.29, 0.717) is 11.4 Å². The molecule has 0 unspecified atom stereocenters. The molecule has 5 heteroatoms. The lowest BCUT2D eigenvalue weighted by Crippen LogP contribution is -2.00. The van der Waals surface area contributed by atoms with Gasteiger partial charge in [-0.25, -0.2) is 9.97 Å². The van der Waals surface area contributed by atoms with Gasteiger partial charge >= 0.3 is 0 Å². The molecule has 0 aliphatic rings. The van der Waals surface area contributed by atoms with Crippen molar-refractivity contribution in [3.63, 3.8) is 0 Å². The van der Waals surface area contributed by atoms with Gasteiger partial charge in [-0.1, -0.05) is 30.3 Å². The highest BCUT2D eigenvalue weighted by atomic mass is 16.1. The van der Waals surface area contributed by atoms with Crippen molar-refractivity contribution in [2.75, 3.05) is 0 Å². The highest BCUT2D eigenvalue weighted by Gasteiger charge is 2.07. The van der Waals surface area contributed by atoms with Crippen LogP contribution in [0.3, 0.4) is 0 Å². The standard InChI is InChI=1S/C19H18N4O/c1-14(2)23-13-17(12-22-23)18(24)9-8-15-10-20-19(21-11-15)16-6-4-3-5-7-16/h3-14H,1-2H3/b9-8+. The molecule has 3 aromatic rings. The molecule has 0 saturated heterocycles. The molecule has 1 aromatic carbocycles. The molecular weight excluding hydrogens is 300 g/mol. The molecule has 0 saturated carbocycles. The first-order chi connectivity index (χ1) is 11.6. The van der Waals surface area contributed by atoms with Crippen molar-refractivity contribution in [3.05, 3.63) is 72.3 Å². The first kappa shape index (κ1) is 15.8. The first-order valence-electron chi connectivity index (χ1n) is 7.77. The van der Waals surface area contributed by atoms with E-state index in [1.54, 1.807) is 35.5 Å². The zero-order valence-electron chi connectivity index (χ0n) is 13.6. The molecule has 2 aromatic heterocycles. The summed E-state index contributed by atoms with van der Waals surface area (Å²) < 4.78 is 1.76. The number of benzene rings is 1. The average Bonchev–Trinajstić information content (AvgIpc) is 3.11. The molecule has 5 nitrogen and oxygen atoms in total. The zero-order valence-corrected chi connectivity index (χ0v) is 13.6. The van der Waals surface area contributed by atoms with Crippen LogP contribution < -0.4 is 0 Å². The maximum Gasteiger partial charge on any atom is 0.189 e. The van der Waals surface area contributed by atoms with Crippen molar-refractivity contribution in [2.45, 2.75) is 19.9 Å². The fourth-order valence-electron chi connectivity index (χ4n) is 2.18. The number of nitrogens with zero attached hydrogens (tertiary/aromatic N) is 4. The minimum absolute atomic E-state index is 0.0889. The Morgan fingerprint density at radius 1 is 1.08 bits per heavy atom. The third kappa shape index (κ3) is 3.63. The lowest BCUT2D eigenvalue weighted by atomic mass is 10.2. The number of aromatic nitrogens is 4. The molecular formula is C19H18N4O. The minimum Gasteiger partial charge on any atom is -0.289 e. The van der Waals surface area contributed by atoms with E-state index in [4.69, 9.17) is 0 Å². The highest BCUT2D eigenvalue weighted by Crippen LogP contribution is 2.14. The van der Waals surface area contributed by atoms with Gasteiger partial charge in [0.1, 0.15) is 0 Å². The van der Waals surface area contributed by atoms with Crippen LogP contribution in [0, 0.1) is 0 Å². The number of rotatable bonds is 5. The normalized spacial score (nSPS) is 11.3. The topological polar surface area (TPSA) is 60.7 Å². The summed E-state index contributed by atoms with van der Waals surface area (Å²) in [5.74, 6) is 0.575. The molecule has 0 bridgehead atoms. The molecule has 0 fully saturated rings. The molecule has 0 atom stereocenters. The number of hydrogen-bond acceptors (Lipinski definition) is 4. The third-order valence-electron chi connectivity index (χ3n) is 3.55. The monoisotopic (exact) mass is 318 g/mol. The number of ketones is 1. The Morgan fingerprint density at radius 3 is 2.42 bits per heavy atom. The van der Waals surface area contributed by atoms with E-state index in [1.807, 2.05) is 44.2 Å². The van der Waals surface area contributed by atoms with Crippen molar-refractivity contribution in [1.29, 1.82) is 0 Å². The Balaban J connectivity index is 1.71. The summed E-state index contributed by atoms with van der Waals surface area (Å²) in [5.41, 5.74) is 2.31. The Bertz CT molecular complexity index is 849. The molecule has 2 heterocycles. The number of allylic oxidation sites excluding steroid dienone is 1. The van der Waals surface area contributed by atoms with Crippen LogP contribution in [-0.4, -0.2) is 25.5 Å². The lowest BCUT2D eigenvalue weighted by Gasteiger charge is -2.02. The van der Waals surface area contributed by atoms with Crippen molar-refractivity contribution < 1.29 is 4.79 Å². The molecule has 0 amide bonds. The van der Waals surface area contributed by atoms with Gasteiger partial charge in [0, 0.05) is 35.8 Å². The van der Waals surface area contributed by atoms with E-state index < -0.39 is 0 Å². The summed E-state index contributed by atoms with van der Waals surface area (Å²) in [7, 11) is 0. The Hall–Kier alpha value is -3.08. The predicted octanol–water partition coefficient (Wildman–Crippen LogP) is 3.82. The highest BCUT2D eigenvalue weighted by molar-refractivity contribution is 6.06. The van der Waals surface area contributed by atoms with Crippen molar-refractivity contribution in [3.8, 4) is 11.4 Å². The van der Waals surface area contributed by atoms with Gasteiger partial charge in [-0.3, -0.25) is 9.48 Å². The minimum atomic E-state index is -0.0889. The summed E-state index contributed by atoms with van der Waals surface area (Å²) in [6.45, 7) is 4.03. The quantitative estimate of drug-likeness (QED) is 0.530. The van der Waals surface area contributed by atoms with Gasteiger partial charge in [0.05, 0.1) is 11.8 Å². The molecule has 0 aliphatic carbocycles. The van der Waals surface area contributed by atoms with E-state index in [0.717, 1.165) is 11.1 Å². The van der Waals surface area contributed by atoms with Crippen molar-refractivity contribution in [1.82, 2.24) is 19.7 Å². The van der Waals surface area contributed by atoms with Crippen LogP contribution in [0.1, 0.15) is 35.8 Å². The lowest BCUT2D eigenvalue weighted by molar-refractivity contribution is 0.104. The Kier molecular flexibility index (Phi) is 4.61. The van der Waals surface area contributed by atoms with Gasteiger partial charge in [-0.2, -0.15) is 5.10 Å². The maximum atomic E-state index is 12.2. The number of carbonyl (C=O) groups is 1. The fraction of sp³-hybridized carbons (Fsp3) is 0.158. The first-order valence-corrected chi connectivity index (χ1v) is 7.77. The Labute approximate surface area is 140 Å². The van der Waals surface area contributed by atoms with Crippen LogP contribution in [0.25, 0.3) is 17.5 Å². The van der Waals surface area contributed by atoms with Crippen molar-refractivity contribution >= 4 is 11.9 Å². The van der Waals surface area contributed by atoms with E-state index in [9.17, 15) is 4.79 Å². The van der Waals surface area contributed by atoms with Gasteiger partial charge < -0.3 is 0 Å². The second kappa shape index (κ2) is 7.00. The zero-order chi connectivity index (χ0) is 16.9. The van der Waals surface area contributed by atoms with E-state index in [-0.39, 0.29) is 11.8 Å². The molecule has 0 spiro atoms. The molecule has 120 valence electrons. The molecule has 0 N–H and O–H groups in total. The number of hydrogen-bond donors (Lipinski definition) is 0. The molecule has 3 rings (SSSR count). The van der Waals surface area contributed by atoms with Crippen LogP contribution in [0.5, 0.6) is 0 Å². The van der Waals surface area contributed by atoms with Gasteiger partial charge in [0.25, 0.3) is 0 Å². The van der Waals surface area contributed by atoms with Gasteiger partial charge in [0.2, 0.25) is 0 Å². The smallest absolute Gasteiger partial charge is 0.189 e. The predicted molar refractivity (Wildman–Crippen MR) is 93.4 cm³/mol. The van der Waals surface area contributed by atoms with Crippen LogP contribution >= 0.6 is 0 Å². The largest absolute Gasteiger partial charge is 0.289 e. The van der Waals surface area contributed by atoms with Gasteiger partial charge in [0.15, 0.2) is 11.6 Å². The second-order valence-electron chi connectivity index (χ2n) is 5.71. The summed E-state index contributed by atoms with van der Waals surface area (Å²) in [5, 5.41) is 4.17. The van der Waals surface area contributed by atoms with Crippen LogP contribution in [-0.2, 0) is 0 Å². The average molecular weight is 318 g/mol. The van der Waals surface area contributed by atoms with Crippen LogP contribution in [0.2, 0.25) is 0 Å². The Morgan fingerprint density at radius 2 is 1.79 bits per heavy atom. The summed E-state index contributed by atoms with van der Waals surface area (Å²) in [4.78, 5) is 20.8. The molecule has 24 heavy (non-hydrogen) atoms. The van der Waals surface area contributed by atoms with E-state index in [2.05, 4.69) is 15.1 Å². The SMILES string of the molecule is CC(C)n1cc(C(=O)/C=C/c2cnc(-c3ccccc3)nc2)cn1. The fourth-order valence-corrected chi connectivity index (χ4v) is 2.18. The van der Waals surface area contributed by atoms with Gasteiger partial charge in [-0.05, 0) is 26.0 Å². The van der Waals surface area contributed by atoms with Crippen LogP contribution in [0.15, 0.2) is 61.2 Å². The van der Waals surface area contributed by atoms with E-state index >= 15 is 0 Å². The molecule has 0 radical (unpaired) electrons. The number of carbonyl (C=O) groups excluding carboxylic acids is 1. The van der Waals surface area contributed by atoms with E-state index in [1.165, 1.54) is 6.08 Å². The maximum absolute atomic E-state index is 12.2. The second-order valence-corrected chi connectivity index (χ2v) is 5.71. The van der Waals surface area contributed by atoms with Crippen molar-refractivity contribution in [2.24, 2.45) is 0 Å². The molecule has 0 aliphatic heterocycles.